The van der Waals surface area contributed by atoms with Gasteiger partial charge in [0, 0.05) is 12.1 Å². The molecule has 0 fully saturated rings. The van der Waals surface area contributed by atoms with E-state index in [1.807, 2.05) is 6.92 Å². The van der Waals surface area contributed by atoms with Crippen LogP contribution in [0.1, 0.15) is 29.8 Å². The van der Waals surface area contributed by atoms with Crippen LogP contribution in [-0.4, -0.2) is 36.9 Å². The molecule has 0 aliphatic heterocycles. The molecular weight excluding hydrogens is 313 g/mol. The van der Waals surface area contributed by atoms with Gasteiger partial charge in [0.1, 0.15) is 6.04 Å². The Bertz CT molecular complexity index is 542. The normalized spacial score (nSPS) is 12.7. The lowest BCUT2D eigenvalue weighted by Crippen LogP contribution is -2.52. The molecule has 1 aromatic rings. The van der Waals surface area contributed by atoms with Crippen LogP contribution in [0.3, 0.4) is 0 Å². The average Bonchev–Trinajstić information content (AvgIpc) is 2.41. The molecule has 2 amide bonds. The van der Waals surface area contributed by atoms with Crippen LogP contribution < -0.4 is 10.6 Å². The molecule has 0 aliphatic rings. The number of ether oxygens (including phenoxy) is 1. The molecular formula is C15H19F3N2O3. The van der Waals surface area contributed by atoms with E-state index in [2.05, 4.69) is 10.1 Å². The van der Waals surface area contributed by atoms with Gasteiger partial charge in [0.25, 0.3) is 5.91 Å². The van der Waals surface area contributed by atoms with Gasteiger partial charge in [0.2, 0.25) is 0 Å². The summed E-state index contributed by atoms with van der Waals surface area (Å²) in [6, 6.07) is 4.13. The van der Waals surface area contributed by atoms with Crippen molar-refractivity contribution in [2.75, 3.05) is 6.54 Å². The zero-order valence-electron chi connectivity index (χ0n) is 13.0. The summed E-state index contributed by atoms with van der Waals surface area (Å²) in [6.07, 6.45) is -6.45. The van der Waals surface area contributed by atoms with Crippen molar-refractivity contribution >= 4 is 12.0 Å². The van der Waals surface area contributed by atoms with E-state index in [1.54, 1.807) is 17.4 Å². The number of halogens is 3. The van der Waals surface area contributed by atoms with Gasteiger partial charge in [0.15, 0.2) is 0 Å². The first-order valence-corrected chi connectivity index (χ1v) is 6.98. The van der Waals surface area contributed by atoms with Crippen LogP contribution in [-0.2, 0) is 4.74 Å². The molecule has 2 N–H and O–H groups in total. The van der Waals surface area contributed by atoms with Crippen LogP contribution in [0.4, 0.5) is 18.0 Å². The molecule has 0 bridgehead atoms. The van der Waals surface area contributed by atoms with Gasteiger partial charge in [-0.15, -0.1) is 0 Å². The molecule has 0 saturated heterocycles. The number of alkyl carbamates (subject to hydrolysis) is 1. The number of rotatable bonds is 5. The second kappa shape index (κ2) is 7.85. The number of hydrogen-bond acceptors (Lipinski definition) is 3. The number of hydrogen-bond donors (Lipinski definition) is 2. The monoisotopic (exact) mass is 332 g/mol. The molecule has 23 heavy (non-hydrogen) atoms. The van der Waals surface area contributed by atoms with Crippen molar-refractivity contribution in [1.29, 1.82) is 0 Å². The van der Waals surface area contributed by atoms with Gasteiger partial charge in [-0.1, -0.05) is 17.7 Å². The molecule has 1 rings (SSSR count). The van der Waals surface area contributed by atoms with E-state index in [4.69, 9.17) is 0 Å². The molecule has 0 radical (unpaired) electrons. The summed E-state index contributed by atoms with van der Waals surface area (Å²) in [5.41, 5.74) is 1.16. The summed E-state index contributed by atoms with van der Waals surface area (Å²) in [5, 5.41) is 3.86. The fourth-order valence-corrected chi connectivity index (χ4v) is 1.64. The Balaban J connectivity index is 2.65. The predicted octanol–water partition coefficient (Wildman–Crippen LogP) is 2.79. The third kappa shape index (κ3) is 6.58. The Morgan fingerprint density at radius 1 is 1.17 bits per heavy atom. The maximum atomic E-state index is 12.9. The third-order valence-electron chi connectivity index (χ3n) is 2.81. The first kappa shape index (κ1) is 18.8. The third-order valence-corrected chi connectivity index (χ3v) is 2.81. The van der Waals surface area contributed by atoms with Crippen LogP contribution in [0, 0.1) is 6.92 Å². The highest BCUT2D eigenvalue weighted by atomic mass is 19.4. The fraction of sp³-hybridized carbons (Fsp3) is 0.467. The van der Waals surface area contributed by atoms with E-state index in [0.29, 0.717) is 0 Å². The van der Waals surface area contributed by atoms with Crippen molar-refractivity contribution in [3.63, 3.8) is 0 Å². The Kier molecular flexibility index (Phi) is 6.41. The second-order valence-corrected chi connectivity index (χ2v) is 5.27. The average molecular weight is 332 g/mol. The van der Waals surface area contributed by atoms with Gasteiger partial charge < -0.3 is 15.4 Å². The fourth-order valence-electron chi connectivity index (χ4n) is 1.64. The van der Waals surface area contributed by atoms with E-state index < -0.39 is 36.9 Å². The highest BCUT2D eigenvalue weighted by molar-refractivity contribution is 5.94. The lowest BCUT2D eigenvalue weighted by atomic mass is 10.1. The minimum atomic E-state index is -4.71. The van der Waals surface area contributed by atoms with Crippen LogP contribution in [0.5, 0.6) is 0 Å². The number of nitrogens with one attached hydrogen (secondary N) is 2. The molecule has 0 heterocycles. The maximum Gasteiger partial charge on any atom is 0.410 e. The van der Waals surface area contributed by atoms with Gasteiger partial charge in [0.05, 0.1) is 6.10 Å². The van der Waals surface area contributed by atoms with Gasteiger partial charge in [-0.05, 0) is 32.9 Å². The van der Waals surface area contributed by atoms with E-state index in [1.165, 1.54) is 26.0 Å². The molecule has 0 aromatic heterocycles. The molecule has 1 aromatic carbocycles. The summed E-state index contributed by atoms with van der Waals surface area (Å²) in [7, 11) is 0. The second-order valence-electron chi connectivity index (χ2n) is 5.27. The number of aryl methyl sites for hydroxylation is 1. The summed E-state index contributed by atoms with van der Waals surface area (Å²) in [4.78, 5) is 23.1. The minimum absolute atomic E-state index is 0.237. The van der Waals surface area contributed by atoms with Crippen LogP contribution in [0.25, 0.3) is 0 Å². The quantitative estimate of drug-likeness (QED) is 0.871. The largest absolute Gasteiger partial charge is 0.447 e. The maximum absolute atomic E-state index is 12.9. The summed E-state index contributed by atoms with van der Waals surface area (Å²) in [6.45, 7) is 4.07. The van der Waals surface area contributed by atoms with E-state index in [-0.39, 0.29) is 5.56 Å². The Hall–Kier alpha value is -2.25. The first-order chi connectivity index (χ1) is 10.6. The Morgan fingerprint density at radius 2 is 1.74 bits per heavy atom. The van der Waals surface area contributed by atoms with Crippen molar-refractivity contribution in [3.8, 4) is 0 Å². The van der Waals surface area contributed by atoms with Gasteiger partial charge in [-0.2, -0.15) is 13.2 Å². The van der Waals surface area contributed by atoms with E-state index in [0.717, 1.165) is 5.56 Å². The molecule has 0 spiro atoms. The number of amides is 2. The number of carbonyl (C=O) groups excluding carboxylic acids is 2. The molecule has 1 atom stereocenters. The topological polar surface area (TPSA) is 67.4 Å². The Morgan fingerprint density at radius 3 is 2.22 bits per heavy atom. The SMILES string of the molecule is Cc1ccc(C(=O)NCC(NC(=O)OC(C)C)C(F)(F)F)cc1. The van der Waals surface area contributed by atoms with Gasteiger partial charge in [-0.3, -0.25) is 4.79 Å². The molecule has 1 unspecified atom stereocenters. The van der Waals surface area contributed by atoms with Gasteiger partial charge >= 0.3 is 12.3 Å². The molecule has 8 heteroatoms. The highest BCUT2D eigenvalue weighted by Gasteiger charge is 2.41. The summed E-state index contributed by atoms with van der Waals surface area (Å²) in [5.74, 6) is -0.654. The smallest absolute Gasteiger partial charge is 0.410 e. The first-order valence-electron chi connectivity index (χ1n) is 6.98. The van der Waals surface area contributed by atoms with Crippen LogP contribution in [0.2, 0.25) is 0 Å². The zero-order valence-corrected chi connectivity index (χ0v) is 13.0. The molecule has 0 aliphatic carbocycles. The lowest BCUT2D eigenvalue weighted by Gasteiger charge is -2.22. The van der Waals surface area contributed by atoms with Crippen molar-refractivity contribution in [2.45, 2.75) is 39.1 Å². The predicted molar refractivity (Wildman–Crippen MR) is 78.1 cm³/mol. The number of carbonyl (C=O) groups is 2. The van der Waals surface area contributed by atoms with E-state index in [9.17, 15) is 22.8 Å². The number of benzene rings is 1. The standard InChI is InChI=1S/C15H19F3N2O3/c1-9(2)23-14(22)20-12(15(16,17)18)8-19-13(21)11-6-4-10(3)5-7-11/h4-7,9,12H,8H2,1-3H3,(H,19,21)(H,20,22). The molecule has 0 saturated carbocycles. The number of alkyl halides is 3. The Labute approximate surface area is 132 Å². The molecule has 5 nitrogen and oxygen atoms in total. The summed E-state index contributed by atoms with van der Waals surface area (Å²) < 4.78 is 43.3. The molecule has 128 valence electrons. The summed E-state index contributed by atoms with van der Waals surface area (Å²) >= 11 is 0. The van der Waals surface area contributed by atoms with Crippen molar-refractivity contribution in [3.05, 3.63) is 35.4 Å². The van der Waals surface area contributed by atoms with Crippen molar-refractivity contribution in [1.82, 2.24) is 10.6 Å². The van der Waals surface area contributed by atoms with Crippen molar-refractivity contribution in [2.24, 2.45) is 0 Å². The van der Waals surface area contributed by atoms with Crippen LogP contribution in [0.15, 0.2) is 24.3 Å². The van der Waals surface area contributed by atoms with Gasteiger partial charge in [-0.25, -0.2) is 4.79 Å². The lowest BCUT2D eigenvalue weighted by molar-refractivity contribution is -0.153. The van der Waals surface area contributed by atoms with Crippen LogP contribution >= 0.6 is 0 Å². The van der Waals surface area contributed by atoms with E-state index >= 15 is 0 Å². The highest BCUT2D eigenvalue weighted by Crippen LogP contribution is 2.20. The zero-order chi connectivity index (χ0) is 17.6. The van der Waals surface area contributed by atoms with Crippen molar-refractivity contribution < 1.29 is 27.5 Å². The minimum Gasteiger partial charge on any atom is -0.447 e.